The molecule has 0 fully saturated rings. The number of hydrogen-bond donors (Lipinski definition) is 4. The summed E-state index contributed by atoms with van der Waals surface area (Å²) >= 11 is 0. The first kappa shape index (κ1) is 18.5. The van der Waals surface area contributed by atoms with Gasteiger partial charge in [0.1, 0.15) is 6.04 Å². The molecule has 1 aromatic rings. The quantitative estimate of drug-likeness (QED) is 0.643. The van der Waals surface area contributed by atoms with Crippen molar-refractivity contribution in [3.63, 3.8) is 0 Å². The third kappa shape index (κ3) is 5.98. The van der Waals surface area contributed by atoms with Gasteiger partial charge in [0.15, 0.2) is 0 Å². The Morgan fingerprint density at radius 3 is 2.22 bits per heavy atom. The van der Waals surface area contributed by atoms with E-state index in [-0.39, 0.29) is 23.6 Å². The Labute approximate surface area is 135 Å². The van der Waals surface area contributed by atoms with Gasteiger partial charge in [0, 0.05) is 17.3 Å². The van der Waals surface area contributed by atoms with Gasteiger partial charge in [-0.2, -0.15) is 0 Å². The number of nitrogens with one attached hydrogen (secondary N) is 3. The highest BCUT2D eigenvalue weighted by molar-refractivity contribution is 5.98. The van der Waals surface area contributed by atoms with E-state index < -0.39 is 17.9 Å². The third-order valence-corrected chi connectivity index (χ3v) is 3.02. The Morgan fingerprint density at radius 1 is 1.04 bits per heavy atom. The zero-order chi connectivity index (χ0) is 17.6. The smallest absolute Gasteiger partial charge is 0.326 e. The summed E-state index contributed by atoms with van der Waals surface area (Å²) < 4.78 is 0. The molecular weight excluding hydrogens is 298 g/mol. The number of benzene rings is 1. The van der Waals surface area contributed by atoms with Crippen LogP contribution >= 0.6 is 0 Å². The molecule has 0 aliphatic carbocycles. The van der Waals surface area contributed by atoms with E-state index in [1.807, 2.05) is 13.8 Å². The SMILES string of the molecule is CC(C)NC(=O)Nc1cccc(C(=O)NC(C(=O)O)C(C)C)c1. The summed E-state index contributed by atoms with van der Waals surface area (Å²) in [6, 6.07) is 4.96. The van der Waals surface area contributed by atoms with Crippen molar-refractivity contribution in [1.82, 2.24) is 10.6 Å². The summed E-state index contributed by atoms with van der Waals surface area (Å²) in [6.45, 7) is 7.10. The Balaban J connectivity index is 2.81. The van der Waals surface area contributed by atoms with Gasteiger partial charge in [-0.05, 0) is 38.0 Å². The number of carboxylic acid groups (broad SMARTS) is 1. The fraction of sp³-hybridized carbons (Fsp3) is 0.438. The standard InChI is InChI=1S/C16H23N3O4/c1-9(2)13(15(21)22)19-14(20)11-6-5-7-12(8-11)18-16(23)17-10(3)4/h5-10,13H,1-4H3,(H,19,20)(H,21,22)(H2,17,18,23). The second kappa shape index (κ2) is 8.17. The fourth-order valence-corrected chi connectivity index (χ4v) is 1.91. The van der Waals surface area contributed by atoms with Gasteiger partial charge in [-0.1, -0.05) is 19.9 Å². The van der Waals surface area contributed by atoms with E-state index in [0.29, 0.717) is 5.69 Å². The van der Waals surface area contributed by atoms with Crippen LogP contribution in [-0.4, -0.2) is 35.1 Å². The van der Waals surface area contributed by atoms with E-state index in [1.165, 1.54) is 6.07 Å². The molecule has 0 saturated carbocycles. The van der Waals surface area contributed by atoms with Crippen LogP contribution in [0.2, 0.25) is 0 Å². The highest BCUT2D eigenvalue weighted by atomic mass is 16.4. The van der Waals surface area contributed by atoms with Crippen molar-refractivity contribution in [1.29, 1.82) is 0 Å². The first-order valence-corrected chi connectivity index (χ1v) is 7.42. The van der Waals surface area contributed by atoms with Gasteiger partial charge in [0.25, 0.3) is 5.91 Å². The first-order valence-electron chi connectivity index (χ1n) is 7.42. The van der Waals surface area contributed by atoms with Crippen LogP contribution in [0.3, 0.4) is 0 Å². The molecule has 0 spiro atoms. The number of amides is 3. The minimum absolute atomic E-state index is 0.0103. The third-order valence-electron chi connectivity index (χ3n) is 3.02. The summed E-state index contributed by atoms with van der Waals surface area (Å²) in [5.74, 6) is -1.83. The zero-order valence-electron chi connectivity index (χ0n) is 13.7. The molecule has 0 saturated heterocycles. The van der Waals surface area contributed by atoms with Crippen molar-refractivity contribution in [2.45, 2.75) is 39.8 Å². The average molecular weight is 321 g/mol. The molecule has 1 atom stereocenters. The fourth-order valence-electron chi connectivity index (χ4n) is 1.91. The Kier molecular flexibility index (Phi) is 6.56. The molecule has 7 heteroatoms. The van der Waals surface area contributed by atoms with Crippen molar-refractivity contribution in [3.8, 4) is 0 Å². The summed E-state index contributed by atoms with van der Waals surface area (Å²) in [5.41, 5.74) is 0.728. The van der Waals surface area contributed by atoms with Crippen LogP contribution in [0, 0.1) is 5.92 Å². The van der Waals surface area contributed by atoms with E-state index in [9.17, 15) is 14.4 Å². The topological polar surface area (TPSA) is 108 Å². The van der Waals surface area contributed by atoms with Crippen LogP contribution in [0.25, 0.3) is 0 Å². The monoisotopic (exact) mass is 321 g/mol. The van der Waals surface area contributed by atoms with Crippen molar-refractivity contribution in [2.75, 3.05) is 5.32 Å². The van der Waals surface area contributed by atoms with Gasteiger partial charge in [0.2, 0.25) is 0 Å². The molecule has 23 heavy (non-hydrogen) atoms. The Hall–Kier alpha value is -2.57. The van der Waals surface area contributed by atoms with Crippen LogP contribution in [0.4, 0.5) is 10.5 Å². The van der Waals surface area contributed by atoms with Gasteiger partial charge in [-0.3, -0.25) is 4.79 Å². The molecule has 1 rings (SSSR count). The molecule has 126 valence electrons. The minimum Gasteiger partial charge on any atom is -0.480 e. The normalized spacial score (nSPS) is 11.9. The molecule has 7 nitrogen and oxygen atoms in total. The van der Waals surface area contributed by atoms with E-state index >= 15 is 0 Å². The van der Waals surface area contributed by atoms with Gasteiger partial charge < -0.3 is 21.1 Å². The number of aliphatic carboxylic acids is 1. The predicted molar refractivity (Wildman–Crippen MR) is 87.5 cm³/mol. The molecular formula is C16H23N3O4. The van der Waals surface area contributed by atoms with Crippen molar-refractivity contribution in [3.05, 3.63) is 29.8 Å². The predicted octanol–water partition coefficient (Wildman–Crippen LogP) is 2.06. The van der Waals surface area contributed by atoms with Crippen LogP contribution in [0.5, 0.6) is 0 Å². The van der Waals surface area contributed by atoms with Crippen LogP contribution < -0.4 is 16.0 Å². The van der Waals surface area contributed by atoms with E-state index in [2.05, 4.69) is 16.0 Å². The highest BCUT2D eigenvalue weighted by Crippen LogP contribution is 2.12. The highest BCUT2D eigenvalue weighted by Gasteiger charge is 2.24. The van der Waals surface area contributed by atoms with Crippen LogP contribution in [-0.2, 0) is 4.79 Å². The van der Waals surface area contributed by atoms with Gasteiger partial charge in [-0.25, -0.2) is 9.59 Å². The lowest BCUT2D eigenvalue weighted by atomic mass is 10.0. The number of carbonyl (C=O) groups is 3. The number of anilines is 1. The molecule has 3 amide bonds. The van der Waals surface area contributed by atoms with Gasteiger partial charge in [-0.15, -0.1) is 0 Å². The second-order valence-corrected chi connectivity index (χ2v) is 5.87. The molecule has 0 aliphatic rings. The Morgan fingerprint density at radius 2 is 1.70 bits per heavy atom. The number of carbonyl (C=O) groups excluding carboxylic acids is 2. The number of carboxylic acids is 1. The maximum atomic E-state index is 12.2. The molecule has 0 aliphatic heterocycles. The summed E-state index contributed by atoms with van der Waals surface area (Å²) in [5, 5.41) is 16.9. The maximum Gasteiger partial charge on any atom is 0.326 e. The average Bonchev–Trinajstić information content (AvgIpc) is 2.42. The number of hydrogen-bond acceptors (Lipinski definition) is 3. The summed E-state index contributed by atoms with van der Waals surface area (Å²) in [6.07, 6.45) is 0. The minimum atomic E-state index is -1.08. The number of urea groups is 1. The van der Waals surface area contributed by atoms with Crippen molar-refractivity contribution in [2.24, 2.45) is 5.92 Å². The van der Waals surface area contributed by atoms with Gasteiger partial charge >= 0.3 is 12.0 Å². The summed E-state index contributed by atoms with van der Waals surface area (Å²) in [7, 11) is 0. The van der Waals surface area contributed by atoms with Gasteiger partial charge in [0.05, 0.1) is 0 Å². The molecule has 4 N–H and O–H groups in total. The molecule has 0 aromatic heterocycles. The lowest BCUT2D eigenvalue weighted by Crippen LogP contribution is -2.44. The lowest BCUT2D eigenvalue weighted by molar-refractivity contribution is -0.140. The van der Waals surface area contributed by atoms with Crippen LogP contribution in [0.1, 0.15) is 38.1 Å². The van der Waals surface area contributed by atoms with E-state index in [0.717, 1.165) is 0 Å². The van der Waals surface area contributed by atoms with E-state index in [1.54, 1.807) is 32.0 Å². The van der Waals surface area contributed by atoms with Crippen molar-refractivity contribution >= 4 is 23.6 Å². The Bertz CT molecular complexity index is 584. The lowest BCUT2D eigenvalue weighted by Gasteiger charge is -2.18. The first-order chi connectivity index (χ1) is 10.7. The molecule has 0 bridgehead atoms. The molecule has 1 aromatic carbocycles. The zero-order valence-corrected chi connectivity index (χ0v) is 13.7. The van der Waals surface area contributed by atoms with E-state index in [4.69, 9.17) is 5.11 Å². The largest absolute Gasteiger partial charge is 0.480 e. The maximum absolute atomic E-state index is 12.2. The van der Waals surface area contributed by atoms with Crippen molar-refractivity contribution < 1.29 is 19.5 Å². The number of rotatable bonds is 6. The molecule has 0 heterocycles. The molecule has 0 radical (unpaired) electrons. The van der Waals surface area contributed by atoms with Crippen LogP contribution in [0.15, 0.2) is 24.3 Å². The second-order valence-electron chi connectivity index (χ2n) is 5.87. The summed E-state index contributed by atoms with van der Waals surface area (Å²) in [4.78, 5) is 35.0. The molecule has 1 unspecified atom stereocenters.